The number of aromatic nitrogens is 2. The van der Waals surface area contributed by atoms with E-state index in [0.717, 1.165) is 53.7 Å². The maximum Gasteiger partial charge on any atom is 0.227 e. The Labute approximate surface area is 176 Å². The highest BCUT2D eigenvalue weighted by atomic mass is 16.5. The lowest BCUT2D eigenvalue weighted by Gasteiger charge is -2.25. The van der Waals surface area contributed by atoms with Crippen LogP contribution in [0.3, 0.4) is 0 Å². The number of carbonyl (C=O) groups is 1. The summed E-state index contributed by atoms with van der Waals surface area (Å²) in [6, 6.07) is 7.09. The third-order valence-electron chi connectivity index (χ3n) is 6.73. The summed E-state index contributed by atoms with van der Waals surface area (Å²) in [5.74, 6) is -0.350. The first-order valence-electron chi connectivity index (χ1n) is 10.7. The number of nitrogens with zero attached hydrogens (tertiary/aromatic N) is 1. The van der Waals surface area contributed by atoms with Crippen LogP contribution in [-0.2, 0) is 28.0 Å². The van der Waals surface area contributed by atoms with Gasteiger partial charge in [0.05, 0.1) is 18.6 Å². The molecule has 4 heterocycles. The summed E-state index contributed by atoms with van der Waals surface area (Å²) in [7, 11) is 0. The summed E-state index contributed by atoms with van der Waals surface area (Å²) in [5, 5.41) is 4.58. The molecule has 6 nitrogen and oxygen atoms in total. The predicted octanol–water partition coefficient (Wildman–Crippen LogP) is 3.49. The van der Waals surface area contributed by atoms with E-state index < -0.39 is 5.41 Å². The van der Waals surface area contributed by atoms with E-state index in [4.69, 9.17) is 10.5 Å². The Kier molecular flexibility index (Phi) is 4.64. The van der Waals surface area contributed by atoms with Gasteiger partial charge >= 0.3 is 0 Å². The van der Waals surface area contributed by atoms with E-state index in [2.05, 4.69) is 33.5 Å². The lowest BCUT2D eigenvalue weighted by molar-refractivity contribution is -0.122. The Morgan fingerprint density at radius 2 is 2.13 bits per heavy atom. The number of primary amides is 1. The summed E-state index contributed by atoms with van der Waals surface area (Å²) in [6.45, 7) is 6.23. The van der Waals surface area contributed by atoms with E-state index in [1.54, 1.807) is 0 Å². The molecule has 2 aliphatic heterocycles. The van der Waals surface area contributed by atoms with Crippen molar-refractivity contribution < 1.29 is 9.53 Å². The molecule has 1 atom stereocenters. The summed E-state index contributed by atoms with van der Waals surface area (Å²) in [4.78, 5) is 19.9. The number of hydrogen-bond donors (Lipinski definition) is 3. The molecule has 2 aromatic heterocycles. The maximum absolute atomic E-state index is 12.0. The number of pyridine rings is 1. The fourth-order valence-corrected chi connectivity index (χ4v) is 4.75. The van der Waals surface area contributed by atoms with Gasteiger partial charge in [-0.1, -0.05) is 6.07 Å². The van der Waals surface area contributed by atoms with Crippen molar-refractivity contribution in [3.05, 3.63) is 52.8 Å². The van der Waals surface area contributed by atoms with Crippen LogP contribution in [-0.4, -0.2) is 29.0 Å². The van der Waals surface area contributed by atoms with Gasteiger partial charge < -0.3 is 20.8 Å². The number of carbonyl (C=O) groups excluding carboxylic acids is 1. The van der Waals surface area contributed by atoms with E-state index in [0.29, 0.717) is 12.6 Å². The number of aromatic amines is 1. The van der Waals surface area contributed by atoms with Gasteiger partial charge in [0.2, 0.25) is 5.91 Å². The Morgan fingerprint density at radius 1 is 1.27 bits per heavy atom. The zero-order valence-electron chi connectivity index (χ0n) is 17.5. The molecular formula is C24H28N4O2. The van der Waals surface area contributed by atoms with Crippen molar-refractivity contribution in [3.63, 3.8) is 0 Å². The number of amides is 1. The average molecular weight is 405 g/mol. The second-order valence-corrected chi connectivity index (χ2v) is 8.97. The Balaban J connectivity index is 1.65. The van der Waals surface area contributed by atoms with Crippen molar-refractivity contribution in [2.75, 3.05) is 13.2 Å². The molecule has 1 unspecified atom stereocenters. The topological polar surface area (TPSA) is 93.0 Å². The van der Waals surface area contributed by atoms with Crippen molar-refractivity contribution in [2.24, 2.45) is 5.73 Å². The Bertz CT molecular complexity index is 1130. The van der Waals surface area contributed by atoms with Crippen LogP contribution in [0, 0.1) is 0 Å². The molecule has 2 aliphatic rings. The van der Waals surface area contributed by atoms with Crippen LogP contribution in [0.4, 0.5) is 0 Å². The molecule has 4 N–H and O–H groups in total. The van der Waals surface area contributed by atoms with Crippen molar-refractivity contribution in [1.82, 2.24) is 15.3 Å². The SMILES string of the molecule is CC(C)(C(N)=O)c1c[nH]c2ncc(-c3cc4c(c(C5CCCN5)c3)COCC4)cc12. The molecule has 30 heavy (non-hydrogen) atoms. The number of nitrogens with one attached hydrogen (secondary N) is 2. The van der Waals surface area contributed by atoms with Gasteiger partial charge in [-0.15, -0.1) is 0 Å². The third kappa shape index (κ3) is 3.11. The van der Waals surface area contributed by atoms with Crippen LogP contribution in [0.2, 0.25) is 0 Å². The van der Waals surface area contributed by atoms with Gasteiger partial charge in [0.1, 0.15) is 5.65 Å². The molecule has 0 bridgehead atoms. The first kappa shape index (κ1) is 19.3. The predicted molar refractivity (Wildman–Crippen MR) is 117 cm³/mol. The number of rotatable bonds is 4. The summed E-state index contributed by atoms with van der Waals surface area (Å²) in [6.07, 6.45) is 7.05. The highest BCUT2D eigenvalue weighted by Gasteiger charge is 2.30. The van der Waals surface area contributed by atoms with E-state index in [1.807, 2.05) is 26.2 Å². The molecular weight excluding hydrogens is 376 g/mol. The molecule has 0 spiro atoms. The molecule has 1 aromatic carbocycles. The van der Waals surface area contributed by atoms with Gasteiger partial charge in [0, 0.05) is 29.4 Å². The van der Waals surface area contributed by atoms with Crippen LogP contribution < -0.4 is 11.1 Å². The monoisotopic (exact) mass is 404 g/mol. The van der Waals surface area contributed by atoms with Gasteiger partial charge in [-0.3, -0.25) is 4.79 Å². The van der Waals surface area contributed by atoms with Crippen LogP contribution in [0.15, 0.2) is 30.6 Å². The van der Waals surface area contributed by atoms with Crippen LogP contribution in [0.25, 0.3) is 22.2 Å². The van der Waals surface area contributed by atoms with Gasteiger partial charge in [-0.25, -0.2) is 4.98 Å². The summed E-state index contributed by atoms with van der Waals surface area (Å²) >= 11 is 0. The summed E-state index contributed by atoms with van der Waals surface area (Å²) < 4.78 is 5.78. The fraction of sp³-hybridized carbons (Fsp3) is 0.417. The highest BCUT2D eigenvalue weighted by Crippen LogP contribution is 2.37. The summed E-state index contributed by atoms with van der Waals surface area (Å²) in [5.41, 5.74) is 12.8. The van der Waals surface area contributed by atoms with Gasteiger partial charge in [0.25, 0.3) is 0 Å². The molecule has 156 valence electrons. The molecule has 6 heteroatoms. The number of nitrogens with two attached hydrogens (primary N) is 1. The second kappa shape index (κ2) is 7.22. The zero-order chi connectivity index (χ0) is 20.9. The molecule has 1 saturated heterocycles. The van der Waals surface area contributed by atoms with E-state index in [-0.39, 0.29) is 5.91 Å². The number of hydrogen-bond acceptors (Lipinski definition) is 4. The molecule has 3 aromatic rings. The lowest BCUT2D eigenvalue weighted by Crippen LogP contribution is -2.35. The smallest absolute Gasteiger partial charge is 0.227 e. The highest BCUT2D eigenvalue weighted by molar-refractivity contribution is 5.94. The normalized spacial score (nSPS) is 19.2. The molecule has 1 fully saturated rings. The van der Waals surface area contributed by atoms with E-state index in [9.17, 15) is 4.79 Å². The Morgan fingerprint density at radius 3 is 2.90 bits per heavy atom. The maximum atomic E-state index is 12.0. The van der Waals surface area contributed by atoms with Crippen LogP contribution >= 0.6 is 0 Å². The number of ether oxygens (including phenoxy) is 1. The van der Waals surface area contributed by atoms with Crippen LogP contribution in [0.5, 0.6) is 0 Å². The number of fused-ring (bicyclic) bond motifs is 2. The lowest BCUT2D eigenvalue weighted by atomic mass is 9.83. The largest absolute Gasteiger partial charge is 0.376 e. The van der Waals surface area contributed by atoms with E-state index >= 15 is 0 Å². The third-order valence-corrected chi connectivity index (χ3v) is 6.73. The van der Waals surface area contributed by atoms with E-state index in [1.165, 1.54) is 23.1 Å². The quantitative estimate of drug-likeness (QED) is 0.621. The minimum absolute atomic E-state index is 0.350. The Hall–Kier alpha value is -2.70. The minimum Gasteiger partial charge on any atom is -0.376 e. The van der Waals surface area contributed by atoms with Crippen molar-refractivity contribution in [2.45, 2.75) is 51.2 Å². The van der Waals surface area contributed by atoms with Crippen molar-refractivity contribution in [1.29, 1.82) is 0 Å². The number of benzene rings is 1. The first-order chi connectivity index (χ1) is 14.4. The molecule has 5 rings (SSSR count). The standard InChI is InChI=1S/C24H28N4O2/c1-24(2,23(25)29)20-12-28-22-18(20)10-16(11-27-22)15-8-14-5-7-30-13-19(14)17(9-15)21-4-3-6-26-21/h8-12,21,26H,3-7,13H2,1-2H3,(H2,25,29)(H,27,28). The fourth-order valence-electron chi connectivity index (χ4n) is 4.75. The molecule has 0 aliphatic carbocycles. The molecule has 1 amide bonds. The average Bonchev–Trinajstić information content (AvgIpc) is 3.42. The van der Waals surface area contributed by atoms with Crippen molar-refractivity contribution in [3.8, 4) is 11.1 Å². The van der Waals surface area contributed by atoms with Crippen molar-refractivity contribution >= 4 is 16.9 Å². The molecule has 0 saturated carbocycles. The molecule has 0 radical (unpaired) electrons. The van der Waals surface area contributed by atoms with Gasteiger partial charge in [-0.05, 0) is 79.6 Å². The number of H-pyrrole nitrogens is 1. The zero-order valence-corrected chi connectivity index (χ0v) is 17.5. The van der Waals surface area contributed by atoms with Crippen LogP contribution in [0.1, 0.15) is 55.0 Å². The second-order valence-electron chi connectivity index (χ2n) is 8.97. The van der Waals surface area contributed by atoms with Gasteiger partial charge in [0.15, 0.2) is 0 Å². The first-order valence-corrected chi connectivity index (χ1v) is 10.7. The van der Waals surface area contributed by atoms with Gasteiger partial charge in [-0.2, -0.15) is 0 Å². The minimum atomic E-state index is -0.773.